The van der Waals surface area contributed by atoms with Gasteiger partial charge in [0.2, 0.25) is 0 Å². The standard InChI is InChI=1S/C64H38N2/c1-2-14-39(15-3-1)40-16-12-17-43(34-40)65-59-27-11-10-24-52(59)56-35-41(28-32-60(56)65)42-29-33-61-58(36-42)64-54-26-13-25-53-48-21-7-9-23-50(48)57(63(53)54)38-62(64)66(61)44-30-31-51-47-20-5-4-18-45(47)46-19-6-8-22-49(46)55(51)37-44/h1-38H. The molecule has 2 heteroatoms. The predicted octanol–water partition coefficient (Wildman–Crippen LogP) is 17.5. The van der Waals surface area contributed by atoms with Gasteiger partial charge in [0, 0.05) is 32.9 Å². The van der Waals surface area contributed by atoms with Crippen molar-refractivity contribution in [3.63, 3.8) is 0 Å². The number of para-hydroxylation sites is 1. The zero-order chi connectivity index (χ0) is 43.0. The lowest BCUT2D eigenvalue weighted by atomic mass is 9.94. The van der Waals surface area contributed by atoms with Gasteiger partial charge in [-0.05, 0) is 148 Å². The van der Waals surface area contributed by atoms with Crippen molar-refractivity contribution in [2.75, 3.05) is 0 Å². The molecule has 14 aromatic rings. The van der Waals surface area contributed by atoms with Gasteiger partial charge in [0.1, 0.15) is 0 Å². The fourth-order valence-corrected chi connectivity index (χ4v) is 11.8. The molecule has 1 aliphatic carbocycles. The summed E-state index contributed by atoms with van der Waals surface area (Å²) in [5, 5.41) is 15.4. The van der Waals surface area contributed by atoms with Crippen molar-refractivity contribution in [2.24, 2.45) is 0 Å². The van der Waals surface area contributed by atoms with E-state index in [9.17, 15) is 0 Å². The lowest BCUT2D eigenvalue weighted by Crippen LogP contribution is -1.95. The fourth-order valence-electron chi connectivity index (χ4n) is 11.8. The van der Waals surface area contributed by atoms with E-state index in [4.69, 9.17) is 0 Å². The highest BCUT2D eigenvalue weighted by Crippen LogP contribution is 2.52. The summed E-state index contributed by atoms with van der Waals surface area (Å²) in [6, 6.07) is 85.8. The van der Waals surface area contributed by atoms with Gasteiger partial charge in [-0.3, -0.25) is 0 Å². The van der Waals surface area contributed by atoms with Crippen LogP contribution in [0.1, 0.15) is 0 Å². The summed E-state index contributed by atoms with van der Waals surface area (Å²) in [6.07, 6.45) is 0. The van der Waals surface area contributed by atoms with Crippen molar-refractivity contribution in [1.29, 1.82) is 0 Å². The Balaban J connectivity index is 0.981. The van der Waals surface area contributed by atoms with Crippen molar-refractivity contribution in [1.82, 2.24) is 9.13 Å². The molecular weight excluding hydrogens is 797 g/mol. The first kappa shape index (κ1) is 35.7. The number of benzene rings is 12. The Morgan fingerprint density at radius 1 is 0.197 bits per heavy atom. The number of aromatic nitrogens is 2. The van der Waals surface area contributed by atoms with Crippen LogP contribution in [0.15, 0.2) is 231 Å². The highest BCUT2D eigenvalue weighted by atomic mass is 15.0. The molecule has 0 unspecified atom stereocenters. The molecule has 2 nitrogen and oxygen atoms in total. The monoisotopic (exact) mass is 834 g/mol. The van der Waals surface area contributed by atoms with E-state index >= 15 is 0 Å². The van der Waals surface area contributed by atoms with Crippen LogP contribution in [-0.2, 0) is 0 Å². The fraction of sp³-hybridized carbons (Fsp3) is 0. The van der Waals surface area contributed by atoms with Gasteiger partial charge in [-0.15, -0.1) is 0 Å². The minimum absolute atomic E-state index is 1.16. The Morgan fingerprint density at radius 3 is 1.45 bits per heavy atom. The van der Waals surface area contributed by atoms with Crippen LogP contribution in [0.25, 0.3) is 143 Å². The molecule has 0 N–H and O–H groups in total. The van der Waals surface area contributed by atoms with Crippen LogP contribution in [0.4, 0.5) is 0 Å². The van der Waals surface area contributed by atoms with Crippen LogP contribution in [0.2, 0.25) is 0 Å². The van der Waals surface area contributed by atoms with Gasteiger partial charge in [-0.2, -0.15) is 0 Å². The minimum Gasteiger partial charge on any atom is -0.309 e. The maximum Gasteiger partial charge on any atom is 0.0553 e. The van der Waals surface area contributed by atoms with Crippen LogP contribution < -0.4 is 0 Å². The van der Waals surface area contributed by atoms with Crippen LogP contribution >= 0.6 is 0 Å². The Kier molecular flexibility index (Phi) is 7.25. The van der Waals surface area contributed by atoms with E-state index in [2.05, 4.69) is 240 Å². The van der Waals surface area contributed by atoms with Crippen molar-refractivity contribution in [3.05, 3.63) is 231 Å². The Morgan fingerprint density at radius 2 is 0.697 bits per heavy atom. The quantitative estimate of drug-likeness (QED) is 0.156. The molecule has 0 fully saturated rings. The summed E-state index contributed by atoms with van der Waals surface area (Å²) >= 11 is 0. The number of rotatable bonds is 4. The van der Waals surface area contributed by atoms with Crippen molar-refractivity contribution in [2.45, 2.75) is 0 Å². The Bertz CT molecular complexity index is 4360. The zero-order valence-electron chi connectivity index (χ0n) is 35.8. The van der Waals surface area contributed by atoms with E-state index in [1.807, 2.05) is 0 Å². The molecule has 0 aliphatic heterocycles. The summed E-state index contributed by atoms with van der Waals surface area (Å²) in [7, 11) is 0. The lowest BCUT2D eigenvalue weighted by molar-refractivity contribution is 1.18. The van der Waals surface area contributed by atoms with Crippen LogP contribution in [-0.4, -0.2) is 9.13 Å². The minimum atomic E-state index is 1.16. The third-order valence-electron chi connectivity index (χ3n) is 14.6. The van der Waals surface area contributed by atoms with E-state index < -0.39 is 0 Å². The molecular formula is C64H38N2. The van der Waals surface area contributed by atoms with Gasteiger partial charge in [0.15, 0.2) is 0 Å². The Hall–Kier alpha value is -8.72. The third-order valence-corrected chi connectivity index (χ3v) is 14.6. The second-order valence-electron chi connectivity index (χ2n) is 18.0. The SMILES string of the molecule is c1ccc(-c2cccc(-n3c4ccccc4c4cc(-c5ccc6c(c5)c5c7cccc8c7c(cc5n6-c5ccc6c7ccccc7c7ccccc7c6c5)-c5ccccc5-8)ccc43)c2)cc1. The molecule has 66 heavy (non-hydrogen) atoms. The van der Waals surface area contributed by atoms with Crippen molar-refractivity contribution >= 4 is 86.7 Å². The average molecular weight is 835 g/mol. The van der Waals surface area contributed by atoms with Gasteiger partial charge < -0.3 is 9.13 Å². The van der Waals surface area contributed by atoms with Gasteiger partial charge >= 0.3 is 0 Å². The maximum atomic E-state index is 2.53. The highest BCUT2D eigenvalue weighted by Gasteiger charge is 2.26. The van der Waals surface area contributed by atoms with Gasteiger partial charge in [-0.25, -0.2) is 0 Å². The molecule has 0 saturated carbocycles. The molecule has 0 atom stereocenters. The summed E-state index contributed by atoms with van der Waals surface area (Å²) in [5.41, 5.74) is 17.2. The molecule has 304 valence electrons. The second-order valence-corrected chi connectivity index (χ2v) is 18.0. The summed E-state index contributed by atoms with van der Waals surface area (Å²) in [4.78, 5) is 0. The van der Waals surface area contributed by atoms with Crippen molar-refractivity contribution in [3.8, 4) is 55.9 Å². The molecule has 0 radical (unpaired) electrons. The first-order chi connectivity index (χ1) is 32.7. The van der Waals surface area contributed by atoms with Gasteiger partial charge in [-0.1, -0.05) is 170 Å². The molecule has 0 amide bonds. The van der Waals surface area contributed by atoms with Gasteiger partial charge in [0.25, 0.3) is 0 Å². The van der Waals surface area contributed by atoms with Gasteiger partial charge in [0.05, 0.1) is 22.1 Å². The molecule has 0 saturated heterocycles. The molecule has 0 bridgehead atoms. The van der Waals surface area contributed by atoms with Crippen molar-refractivity contribution < 1.29 is 0 Å². The highest BCUT2D eigenvalue weighted by molar-refractivity contribution is 6.30. The second kappa shape index (κ2) is 13.4. The van der Waals surface area contributed by atoms with E-state index in [1.165, 1.54) is 131 Å². The van der Waals surface area contributed by atoms with Crippen LogP contribution in [0, 0.1) is 0 Å². The smallest absolute Gasteiger partial charge is 0.0553 e. The molecule has 0 spiro atoms. The largest absolute Gasteiger partial charge is 0.309 e. The average Bonchev–Trinajstić information content (AvgIpc) is 4.02. The number of nitrogens with zero attached hydrogens (tertiary/aromatic N) is 2. The van der Waals surface area contributed by atoms with E-state index in [-0.39, 0.29) is 0 Å². The first-order valence-corrected chi connectivity index (χ1v) is 22.9. The first-order valence-electron chi connectivity index (χ1n) is 22.9. The normalized spacial score (nSPS) is 12.2. The summed E-state index contributed by atoms with van der Waals surface area (Å²) in [6.45, 7) is 0. The van der Waals surface area contributed by atoms with E-state index in [0.717, 1.165) is 11.4 Å². The third kappa shape index (κ3) is 4.90. The number of hydrogen-bond acceptors (Lipinski definition) is 0. The Labute approximate surface area is 380 Å². The van der Waals surface area contributed by atoms with Crippen LogP contribution in [0.3, 0.4) is 0 Å². The summed E-state index contributed by atoms with van der Waals surface area (Å²) in [5.74, 6) is 0. The molecule has 15 rings (SSSR count). The lowest BCUT2D eigenvalue weighted by Gasteiger charge is -2.14. The number of fused-ring (bicyclic) bond motifs is 16. The van der Waals surface area contributed by atoms with Crippen LogP contribution in [0.5, 0.6) is 0 Å². The van der Waals surface area contributed by atoms with E-state index in [0.29, 0.717) is 0 Å². The topological polar surface area (TPSA) is 9.86 Å². The summed E-state index contributed by atoms with van der Waals surface area (Å²) < 4.78 is 4.95. The number of hydrogen-bond donors (Lipinski definition) is 0. The maximum absolute atomic E-state index is 2.53. The molecule has 12 aromatic carbocycles. The zero-order valence-corrected chi connectivity index (χ0v) is 35.8. The molecule has 2 heterocycles. The van der Waals surface area contributed by atoms with E-state index in [1.54, 1.807) is 0 Å². The predicted molar refractivity (Wildman–Crippen MR) is 280 cm³/mol. The molecule has 2 aromatic heterocycles. The molecule has 1 aliphatic rings.